The highest BCUT2D eigenvalue weighted by Crippen LogP contribution is 2.25. The monoisotopic (exact) mass is 185 g/mol. The molecule has 0 spiro atoms. The molecular weight excluding hydrogens is 174 g/mol. The van der Waals surface area contributed by atoms with Crippen molar-refractivity contribution < 1.29 is 9.66 Å². The number of aryl methyl sites for hydroxylation is 1. The van der Waals surface area contributed by atoms with Crippen LogP contribution >= 0.6 is 0 Å². The lowest BCUT2D eigenvalue weighted by atomic mass is 10.5. The van der Waals surface area contributed by atoms with Gasteiger partial charge in [-0.2, -0.15) is 5.10 Å². The highest BCUT2D eigenvalue weighted by molar-refractivity contribution is 5.38. The summed E-state index contributed by atoms with van der Waals surface area (Å²) in [6, 6.07) is 0. The summed E-state index contributed by atoms with van der Waals surface area (Å²) in [5.74, 6) is 0.194. The van der Waals surface area contributed by atoms with Crippen LogP contribution in [0.5, 0.6) is 5.88 Å². The van der Waals surface area contributed by atoms with Gasteiger partial charge in [-0.25, -0.2) is 4.68 Å². The summed E-state index contributed by atoms with van der Waals surface area (Å²) in [7, 11) is 1.60. The Hall–Kier alpha value is -1.59. The van der Waals surface area contributed by atoms with Crippen LogP contribution in [0, 0.1) is 10.1 Å². The molecule has 0 aliphatic carbocycles. The Bertz CT molecular complexity index is 319. The van der Waals surface area contributed by atoms with Crippen molar-refractivity contribution in [2.24, 2.45) is 7.05 Å². The van der Waals surface area contributed by atoms with Crippen LogP contribution in [-0.2, 0) is 7.05 Å². The first-order chi connectivity index (χ1) is 6.02. The van der Waals surface area contributed by atoms with Crippen molar-refractivity contribution in [2.45, 2.75) is 20.0 Å². The van der Waals surface area contributed by atoms with E-state index in [4.69, 9.17) is 4.74 Å². The Morgan fingerprint density at radius 2 is 2.31 bits per heavy atom. The van der Waals surface area contributed by atoms with Gasteiger partial charge in [0.2, 0.25) is 0 Å². The van der Waals surface area contributed by atoms with Gasteiger partial charge in [0.15, 0.2) is 0 Å². The number of hydrogen-bond donors (Lipinski definition) is 0. The molecule has 1 heterocycles. The second-order valence-corrected chi connectivity index (χ2v) is 2.88. The van der Waals surface area contributed by atoms with Crippen LogP contribution in [-0.4, -0.2) is 20.8 Å². The van der Waals surface area contributed by atoms with Gasteiger partial charge < -0.3 is 4.74 Å². The maximum atomic E-state index is 10.5. The predicted octanol–water partition coefficient (Wildman–Crippen LogP) is 1.12. The third kappa shape index (κ3) is 1.95. The van der Waals surface area contributed by atoms with Gasteiger partial charge in [-0.1, -0.05) is 0 Å². The summed E-state index contributed by atoms with van der Waals surface area (Å²) in [4.78, 5) is 9.98. The zero-order valence-corrected chi connectivity index (χ0v) is 7.72. The third-order valence-electron chi connectivity index (χ3n) is 1.41. The summed E-state index contributed by atoms with van der Waals surface area (Å²) in [6.07, 6.45) is 1.08. The average molecular weight is 185 g/mol. The summed E-state index contributed by atoms with van der Waals surface area (Å²) >= 11 is 0. The minimum Gasteiger partial charge on any atom is -0.470 e. The molecule has 0 fully saturated rings. The molecule has 0 unspecified atom stereocenters. The fraction of sp³-hybridized carbons (Fsp3) is 0.571. The van der Waals surface area contributed by atoms with E-state index in [9.17, 15) is 10.1 Å². The Morgan fingerprint density at radius 1 is 1.69 bits per heavy atom. The van der Waals surface area contributed by atoms with Gasteiger partial charge in [-0.15, -0.1) is 0 Å². The second-order valence-electron chi connectivity index (χ2n) is 2.88. The Labute approximate surface area is 75.3 Å². The van der Waals surface area contributed by atoms with Crippen LogP contribution < -0.4 is 4.74 Å². The molecule has 13 heavy (non-hydrogen) atoms. The molecule has 72 valence electrons. The van der Waals surface area contributed by atoms with Crippen LogP contribution in [0.1, 0.15) is 13.8 Å². The van der Waals surface area contributed by atoms with Crippen molar-refractivity contribution in [3.05, 3.63) is 16.3 Å². The van der Waals surface area contributed by atoms with Crippen molar-refractivity contribution in [3.63, 3.8) is 0 Å². The molecule has 0 amide bonds. The zero-order valence-electron chi connectivity index (χ0n) is 7.72. The fourth-order valence-corrected chi connectivity index (χ4v) is 0.900. The molecule has 0 radical (unpaired) electrons. The van der Waals surface area contributed by atoms with Crippen LogP contribution in [0.2, 0.25) is 0 Å². The van der Waals surface area contributed by atoms with Gasteiger partial charge in [-0.05, 0) is 13.8 Å². The quantitative estimate of drug-likeness (QED) is 0.522. The van der Waals surface area contributed by atoms with E-state index in [2.05, 4.69) is 5.10 Å². The molecule has 0 aliphatic rings. The van der Waals surface area contributed by atoms with Gasteiger partial charge in [0.05, 0.1) is 11.0 Å². The minimum atomic E-state index is -0.509. The van der Waals surface area contributed by atoms with Crippen LogP contribution in [0.3, 0.4) is 0 Å². The van der Waals surface area contributed by atoms with E-state index in [0.717, 1.165) is 0 Å². The topological polar surface area (TPSA) is 70.2 Å². The lowest BCUT2D eigenvalue weighted by Gasteiger charge is -2.07. The molecule has 0 aromatic carbocycles. The van der Waals surface area contributed by atoms with Crippen LogP contribution in [0.25, 0.3) is 0 Å². The van der Waals surface area contributed by atoms with Gasteiger partial charge in [0.25, 0.3) is 5.88 Å². The first kappa shape index (κ1) is 9.50. The fourth-order valence-electron chi connectivity index (χ4n) is 0.900. The van der Waals surface area contributed by atoms with Crippen molar-refractivity contribution in [2.75, 3.05) is 0 Å². The van der Waals surface area contributed by atoms with E-state index in [1.807, 2.05) is 0 Å². The highest BCUT2D eigenvalue weighted by Gasteiger charge is 2.21. The van der Waals surface area contributed by atoms with Crippen LogP contribution in [0.15, 0.2) is 6.20 Å². The number of nitrogens with zero attached hydrogens (tertiary/aromatic N) is 3. The smallest absolute Gasteiger partial charge is 0.350 e. The predicted molar refractivity (Wildman–Crippen MR) is 45.6 cm³/mol. The van der Waals surface area contributed by atoms with E-state index < -0.39 is 4.92 Å². The molecule has 6 nitrogen and oxygen atoms in total. The number of aromatic nitrogens is 2. The number of ether oxygens (including phenoxy) is 1. The van der Waals surface area contributed by atoms with Crippen molar-refractivity contribution >= 4 is 5.69 Å². The molecule has 0 N–H and O–H groups in total. The first-order valence-corrected chi connectivity index (χ1v) is 3.85. The summed E-state index contributed by atoms with van der Waals surface area (Å²) in [6.45, 7) is 3.60. The van der Waals surface area contributed by atoms with E-state index in [-0.39, 0.29) is 17.7 Å². The SMILES string of the molecule is CC(C)Oc1c([N+](=O)[O-])cnn1C. The van der Waals surface area contributed by atoms with Crippen molar-refractivity contribution in [1.82, 2.24) is 9.78 Å². The highest BCUT2D eigenvalue weighted by atomic mass is 16.6. The third-order valence-corrected chi connectivity index (χ3v) is 1.41. The van der Waals surface area contributed by atoms with Gasteiger partial charge in [0.1, 0.15) is 6.20 Å². The van der Waals surface area contributed by atoms with E-state index in [1.165, 1.54) is 10.9 Å². The van der Waals surface area contributed by atoms with Gasteiger partial charge >= 0.3 is 5.69 Å². The standard InChI is InChI=1S/C7H11N3O3/c1-5(2)13-7-6(10(11)12)4-8-9(7)3/h4-5H,1-3H3. The Morgan fingerprint density at radius 3 is 2.77 bits per heavy atom. The zero-order chi connectivity index (χ0) is 10.0. The molecule has 0 aliphatic heterocycles. The first-order valence-electron chi connectivity index (χ1n) is 3.85. The van der Waals surface area contributed by atoms with Gasteiger partial charge in [-0.3, -0.25) is 10.1 Å². The lowest BCUT2D eigenvalue weighted by molar-refractivity contribution is -0.386. The summed E-state index contributed by atoms with van der Waals surface area (Å²) < 4.78 is 6.58. The van der Waals surface area contributed by atoms with Crippen molar-refractivity contribution in [1.29, 1.82) is 0 Å². The summed E-state index contributed by atoms with van der Waals surface area (Å²) in [5, 5.41) is 14.2. The second kappa shape index (κ2) is 3.42. The molecule has 1 aromatic heterocycles. The normalized spacial score (nSPS) is 10.5. The van der Waals surface area contributed by atoms with E-state index in [0.29, 0.717) is 0 Å². The Balaban J connectivity index is 3.01. The van der Waals surface area contributed by atoms with Crippen LogP contribution in [0.4, 0.5) is 5.69 Å². The summed E-state index contributed by atoms with van der Waals surface area (Å²) in [5.41, 5.74) is -0.101. The number of nitro groups is 1. The molecule has 0 saturated carbocycles. The maximum absolute atomic E-state index is 10.5. The number of rotatable bonds is 3. The average Bonchev–Trinajstić information content (AvgIpc) is 2.32. The Kier molecular flexibility index (Phi) is 2.50. The number of hydrogen-bond acceptors (Lipinski definition) is 4. The van der Waals surface area contributed by atoms with Crippen molar-refractivity contribution in [3.8, 4) is 5.88 Å². The molecule has 0 bridgehead atoms. The molecular formula is C7H11N3O3. The minimum absolute atomic E-state index is 0.101. The van der Waals surface area contributed by atoms with E-state index >= 15 is 0 Å². The lowest BCUT2D eigenvalue weighted by Crippen LogP contribution is -2.10. The molecule has 0 atom stereocenters. The van der Waals surface area contributed by atoms with Gasteiger partial charge in [0, 0.05) is 7.05 Å². The maximum Gasteiger partial charge on any atom is 0.350 e. The van der Waals surface area contributed by atoms with E-state index in [1.54, 1.807) is 20.9 Å². The molecule has 6 heteroatoms. The molecule has 1 aromatic rings. The molecule has 0 saturated heterocycles. The largest absolute Gasteiger partial charge is 0.470 e. The molecule has 1 rings (SSSR count).